The van der Waals surface area contributed by atoms with Crippen molar-refractivity contribution in [2.24, 2.45) is 18.7 Å². The third-order valence-electron chi connectivity index (χ3n) is 3.13. The molecule has 0 radical (unpaired) electrons. The quantitative estimate of drug-likeness (QED) is 0.876. The molecule has 0 amide bonds. The first-order valence-corrected chi connectivity index (χ1v) is 6.41. The Morgan fingerprint density at radius 1 is 1.56 bits per heavy atom. The molecule has 0 aromatic carbocycles. The van der Waals surface area contributed by atoms with Gasteiger partial charge in [0.05, 0.1) is 11.9 Å². The SMILES string of the molecule is CC(C)C(N)CCN(C)c1cnn(C)c(=O)c1Cl. The molecule has 2 N–H and O–H groups in total. The monoisotopic (exact) mass is 272 g/mol. The number of hydrogen-bond acceptors (Lipinski definition) is 4. The maximum absolute atomic E-state index is 11.7. The van der Waals surface area contributed by atoms with Crippen LogP contribution in [0.15, 0.2) is 11.0 Å². The van der Waals surface area contributed by atoms with Crippen LogP contribution in [0, 0.1) is 5.92 Å². The van der Waals surface area contributed by atoms with Crippen LogP contribution in [-0.4, -0.2) is 29.4 Å². The van der Waals surface area contributed by atoms with Crippen molar-refractivity contribution >= 4 is 17.3 Å². The van der Waals surface area contributed by atoms with Crippen LogP contribution in [0.1, 0.15) is 20.3 Å². The molecule has 0 saturated carbocycles. The van der Waals surface area contributed by atoms with Crippen molar-refractivity contribution in [1.29, 1.82) is 0 Å². The summed E-state index contributed by atoms with van der Waals surface area (Å²) in [6.45, 7) is 4.93. The first-order chi connectivity index (χ1) is 8.34. The topological polar surface area (TPSA) is 64.2 Å². The first kappa shape index (κ1) is 15.0. The largest absolute Gasteiger partial charge is 0.372 e. The third-order valence-corrected chi connectivity index (χ3v) is 3.48. The van der Waals surface area contributed by atoms with Gasteiger partial charge in [-0.3, -0.25) is 4.79 Å². The highest BCUT2D eigenvalue weighted by molar-refractivity contribution is 6.33. The van der Waals surface area contributed by atoms with Crippen LogP contribution in [0.2, 0.25) is 5.02 Å². The van der Waals surface area contributed by atoms with E-state index in [1.165, 1.54) is 4.68 Å². The average molecular weight is 273 g/mol. The summed E-state index contributed by atoms with van der Waals surface area (Å²) >= 11 is 6.02. The van der Waals surface area contributed by atoms with Crippen molar-refractivity contribution in [3.8, 4) is 0 Å². The molecular weight excluding hydrogens is 252 g/mol. The molecule has 0 fully saturated rings. The van der Waals surface area contributed by atoms with E-state index >= 15 is 0 Å². The zero-order chi connectivity index (χ0) is 13.9. The Kier molecular flexibility index (Phi) is 5.16. The van der Waals surface area contributed by atoms with Gasteiger partial charge in [0.15, 0.2) is 0 Å². The Hall–Kier alpha value is -1.07. The highest BCUT2D eigenvalue weighted by atomic mass is 35.5. The second kappa shape index (κ2) is 6.20. The van der Waals surface area contributed by atoms with Crippen molar-refractivity contribution < 1.29 is 0 Å². The van der Waals surface area contributed by atoms with Crippen molar-refractivity contribution in [2.75, 3.05) is 18.5 Å². The lowest BCUT2D eigenvalue weighted by Crippen LogP contribution is -2.33. The molecule has 1 atom stereocenters. The fraction of sp³-hybridized carbons (Fsp3) is 0.667. The second-order valence-electron chi connectivity index (χ2n) is 4.89. The van der Waals surface area contributed by atoms with Gasteiger partial charge in [0.25, 0.3) is 5.56 Å². The van der Waals surface area contributed by atoms with Gasteiger partial charge in [-0.15, -0.1) is 0 Å². The molecule has 0 aliphatic heterocycles. The molecule has 0 bridgehead atoms. The summed E-state index contributed by atoms with van der Waals surface area (Å²) < 4.78 is 1.22. The molecule has 6 heteroatoms. The molecule has 0 saturated heterocycles. The zero-order valence-electron chi connectivity index (χ0n) is 11.4. The summed E-state index contributed by atoms with van der Waals surface area (Å²) in [5, 5.41) is 4.17. The van der Waals surface area contributed by atoms with E-state index in [0.717, 1.165) is 13.0 Å². The van der Waals surface area contributed by atoms with Crippen molar-refractivity contribution in [1.82, 2.24) is 9.78 Å². The number of nitrogens with two attached hydrogens (primary N) is 1. The number of rotatable bonds is 5. The van der Waals surface area contributed by atoms with Gasteiger partial charge in [-0.05, 0) is 12.3 Å². The number of nitrogens with zero attached hydrogens (tertiary/aromatic N) is 3. The first-order valence-electron chi connectivity index (χ1n) is 6.03. The Morgan fingerprint density at radius 2 is 2.17 bits per heavy atom. The molecular formula is C12H21ClN4O. The maximum atomic E-state index is 11.7. The summed E-state index contributed by atoms with van der Waals surface area (Å²) in [5.41, 5.74) is 6.36. The number of aromatic nitrogens is 2. The number of aryl methyl sites for hydroxylation is 1. The molecule has 0 aliphatic rings. The van der Waals surface area contributed by atoms with E-state index in [1.807, 2.05) is 11.9 Å². The predicted octanol–water partition coefficient (Wildman–Crippen LogP) is 1.24. The van der Waals surface area contributed by atoms with E-state index in [9.17, 15) is 4.79 Å². The predicted molar refractivity (Wildman–Crippen MR) is 75.2 cm³/mol. The van der Waals surface area contributed by atoms with Gasteiger partial charge in [-0.25, -0.2) is 4.68 Å². The number of halogens is 1. The van der Waals surface area contributed by atoms with Gasteiger partial charge in [-0.2, -0.15) is 5.10 Å². The minimum absolute atomic E-state index is 0.144. The molecule has 102 valence electrons. The van der Waals surface area contributed by atoms with Gasteiger partial charge >= 0.3 is 0 Å². The van der Waals surface area contributed by atoms with Crippen LogP contribution in [0.3, 0.4) is 0 Å². The normalized spacial score (nSPS) is 12.8. The highest BCUT2D eigenvalue weighted by Crippen LogP contribution is 2.19. The van der Waals surface area contributed by atoms with Gasteiger partial charge in [0, 0.05) is 26.7 Å². The lowest BCUT2D eigenvalue weighted by atomic mass is 10.0. The van der Waals surface area contributed by atoms with E-state index in [0.29, 0.717) is 11.6 Å². The molecule has 0 aliphatic carbocycles. The lowest BCUT2D eigenvalue weighted by molar-refractivity contribution is 0.466. The van der Waals surface area contributed by atoms with E-state index in [-0.39, 0.29) is 16.6 Å². The zero-order valence-corrected chi connectivity index (χ0v) is 12.1. The van der Waals surface area contributed by atoms with E-state index in [4.69, 9.17) is 17.3 Å². The smallest absolute Gasteiger partial charge is 0.287 e. The van der Waals surface area contributed by atoms with Crippen LogP contribution >= 0.6 is 11.6 Å². The van der Waals surface area contributed by atoms with Crippen molar-refractivity contribution in [2.45, 2.75) is 26.3 Å². The number of anilines is 1. The van der Waals surface area contributed by atoms with E-state index < -0.39 is 0 Å². The van der Waals surface area contributed by atoms with E-state index in [2.05, 4.69) is 18.9 Å². The minimum atomic E-state index is -0.283. The van der Waals surface area contributed by atoms with Gasteiger partial charge in [0.2, 0.25) is 0 Å². The fourth-order valence-corrected chi connectivity index (χ4v) is 1.88. The third kappa shape index (κ3) is 3.46. The molecule has 1 rings (SSSR count). The molecule has 5 nitrogen and oxygen atoms in total. The van der Waals surface area contributed by atoms with Crippen molar-refractivity contribution in [3.05, 3.63) is 21.6 Å². The van der Waals surface area contributed by atoms with E-state index in [1.54, 1.807) is 13.2 Å². The standard InChI is InChI=1S/C12H21ClN4O/c1-8(2)9(14)5-6-16(3)10-7-15-17(4)12(18)11(10)13/h7-9H,5-6,14H2,1-4H3. The minimum Gasteiger partial charge on any atom is -0.372 e. The summed E-state index contributed by atoms with van der Waals surface area (Å²) in [6, 6.07) is 0.144. The molecule has 1 heterocycles. The van der Waals surface area contributed by atoms with Crippen LogP contribution in [0.4, 0.5) is 5.69 Å². The molecule has 1 unspecified atom stereocenters. The van der Waals surface area contributed by atoms with Crippen LogP contribution < -0.4 is 16.2 Å². The Morgan fingerprint density at radius 3 is 2.72 bits per heavy atom. The highest BCUT2D eigenvalue weighted by Gasteiger charge is 2.13. The summed E-state index contributed by atoms with van der Waals surface area (Å²) in [7, 11) is 3.46. The summed E-state index contributed by atoms with van der Waals surface area (Å²) in [5.74, 6) is 0.440. The molecule has 18 heavy (non-hydrogen) atoms. The van der Waals surface area contributed by atoms with Gasteiger partial charge in [0.1, 0.15) is 5.02 Å². The van der Waals surface area contributed by atoms with Gasteiger partial charge in [-0.1, -0.05) is 25.4 Å². The van der Waals surface area contributed by atoms with Crippen LogP contribution in [0.5, 0.6) is 0 Å². The van der Waals surface area contributed by atoms with Crippen molar-refractivity contribution in [3.63, 3.8) is 0 Å². The average Bonchev–Trinajstić information content (AvgIpc) is 2.32. The summed E-state index contributed by atoms with van der Waals surface area (Å²) in [6.07, 6.45) is 2.45. The Bertz CT molecular complexity index is 458. The lowest BCUT2D eigenvalue weighted by Gasteiger charge is -2.23. The maximum Gasteiger partial charge on any atom is 0.287 e. The number of hydrogen-bond donors (Lipinski definition) is 1. The molecule has 1 aromatic heterocycles. The summed E-state index contributed by atoms with van der Waals surface area (Å²) in [4.78, 5) is 13.6. The Labute approximate surface area is 113 Å². The molecule has 1 aromatic rings. The fourth-order valence-electron chi connectivity index (χ4n) is 1.56. The second-order valence-corrected chi connectivity index (χ2v) is 5.27. The Balaban J connectivity index is 2.76. The molecule has 0 spiro atoms. The van der Waals surface area contributed by atoms with Crippen LogP contribution in [0.25, 0.3) is 0 Å². The van der Waals surface area contributed by atoms with Crippen LogP contribution in [-0.2, 0) is 7.05 Å². The van der Waals surface area contributed by atoms with Gasteiger partial charge < -0.3 is 10.6 Å².